The molecule has 1 aliphatic rings. The van der Waals surface area contributed by atoms with Gasteiger partial charge >= 0.3 is 0 Å². The van der Waals surface area contributed by atoms with Crippen molar-refractivity contribution < 1.29 is 5.11 Å². The molecule has 1 saturated carbocycles. The standard InChI is InChI=1S/C11H15BrN2O/c1-11(15,8-2-3-8)7-14-10-5-4-9(12)6-13-10/h4-6,8,15H,2-3,7H2,1H3,(H,13,14). The van der Waals surface area contributed by atoms with Gasteiger partial charge in [0, 0.05) is 17.2 Å². The first kappa shape index (κ1) is 10.9. The zero-order valence-electron chi connectivity index (χ0n) is 8.70. The lowest BCUT2D eigenvalue weighted by molar-refractivity contribution is 0.0502. The Balaban J connectivity index is 1.89. The summed E-state index contributed by atoms with van der Waals surface area (Å²) < 4.78 is 0.960. The molecule has 0 radical (unpaired) electrons. The van der Waals surface area contributed by atoms with E-state index < -0.39 is 5.60 Å². The van der Waals surface area contributed by atoms with Crippen LogP contribution in [-0.2, 0) is 0 Å². The van der Waals surface area contributed by atoms with Crippen molar-refractivity contribution in [3.8, 4) is 0 Å². The molecule has 2 N–H and O–H groups in total. The van der Waals surface area contributed by atoms with Gasteiger partial charge in [0.15, 0.2) is 0 Å². The van der Waals surface area contributed by atoms with Crippen molar-refractivity contribution in [3.05, 3.63) is 22.8 Å². The molecule has 4 heteroatoms. The normalized spacial score (nSPS) is 19.7. The van der Waals surface area contributed by atoms with E-state index in [2.05, 4.69) is 26.2 Å². The zero-order chi connectivity index (χ0) is 10.9. The minimum Gasteiger partial charge on any atom is -0.388 e. The predicted molar refractivity (Wildman–Crippen MR) is 63.8 cm³/mol. The van der Waals surface area contributed by atoms with Crippen molar-refractivity contribution in [1.29, 1.82) is 0 Å². The van der Waals surface area contributed by atoms with E-state index in [4.69, 9.17) is 0 Å². The lowest BCUT2D eigenvalue weighted by atomic mass is 10.0. The Morgan fingerprint density at radius 1 is 1.60 bits per heavy atom. The molecule has 0 aromatic carbocycles. The van der Waals surface area contributed by atoms with Gasteiger partial charge in [0.2, 0.25) is 0 Å². The van der Waals surface area contributed by atoms with E-state index in [1.54, 1.807) is 6.20 Å². The highest BCUT2D eigenvalue weighted by atomic mass is 79.9. The third kappa shape index (κ3) is 2.92. The van der Waals surface area contributed by atoms with Crippen LogP contribution < -0.4 is 5.32 Å². The van der Waals surface area contributed by atoms with Crippen LogP contribution in [-0.4, -0.2) is 22.2 Å². The number of anilines is 1. The van der Waals surface area contributed by atoms with Crippen molar-refractivity contribution >= 4 is 21.7 Å². The van der Waals surface area contributed by atoms with Gasteiger partial charge in [-0.25, -0.2) is 4.98 Å². The molecule has 0 aliphatic heterocycles. The van der Waals surface area contributed by atoms with E-state index in [0.717, 1.165) is 23.1 Å². The molecule has 0 amide bonds. The molecular weight excluding hydrogens is 256 g/mol. The molecule has 0 saturated heterocycles. The zero-order valence-corrected chi connectivity index (χ0v) is 10.3. The quantitative estimate of drug-likeness (QED) is 0.884. The second-order valence-electron chi connectivity index (χ2n) is 4.35. The summed E-state index contributed by atoms with van der Waals surface area (Å²) in [5.41, 5.74) is -0.602. The van der Waals surface area contributed by atoms with Crippen LogP contribution in [0.15, 0.2) is 22.8 Å². The van der Waals surface area contributed by atoms with Crippen molar-refractivity contribution in [3.63, 3.8) is 0 Å². The van der Waals surface area contributed by atoms with Gasteiger partial charge in [-0.15, -0.1) is 0 Å². The molecule has 1 aliphatic carbocycles. The lowest BCUT2D eigenvalue weighted by Gasteiger charge is -2.23. The molecule has 3 nitrogen and oxygen atoms in total. The second kappa shape index (κ2) is 4.10. The smallest absolute Gasteiger partial charge is 0.126 e. The van der Waals surface area contributed by atoms with E-state index in [9.17, 15) is 5.11 Å². The summed E-state index contributed by atoms with van der Waals surface area (Å²) in [5, 5.41) is 13.2. The van der Waals surface area contributed by atoms with E-state index in [0.29, 0.717) is 12.5 Å². The molecule has 1 atom stereocenters. The average Bonchev–Trinajstić information content (AvgIpc) is 3.00. The van der Waals surface area contributed by atoms with Crippen LogP contribution in [0, 0.1) is 5.92 Å². The second-order valence-corrected chi connectivity index (χ2v) is 5.26. The van der Waals surface area contributed by atoms with Crippen LogP contribution in [0.1, 0.15) is 19.8 Å². The summed E-state index contributed by atoms with van der Waals surface area (Å²) >= 11 is 3.33. The van der Waals surface area contributed by atoms with Gasteiger partial charge in [0.05, 0.1) is 5.60 Å². The summed E-state index contributed by atoms with van der Waals surface area (Å²) in [7, 11) is 0. The average molecular weight is 271 g/mol. The molecule has 2 rings (SSSR count). The Hall–Kier alpha value is -0.610. The van der Waals surface area contributed by atoms with E-state index in [-0.39, 0.29) is 0 Å². The summed E-state index contributed by atoms with van der Waals surface area (Å²) in [4.78, 5) is 4.19. The van der Waals surface area contributed by atoms with E-state index in [1.165, 1.54) is 0 Å². The molecule has 1 fully saturated rings. The van der Waals surface area contributed by atoms with Gasteiger partial charge in [-0.2, -0.15) is 0 Å². The molecule has 1 aromatic rings. The molecule has 1 heterocycles. The molecular formula is C11H15BrN2O. The number of nitrogens with zero attached hydrogens (tertiary/aromatic N) is 1. The van der Waals surface area contributed by atoms with Crippen LogP contribution in [0.4, 0.5) is 5.82 Å². The molecule has 15 heavy (non-hydrogen) atoms. The fraction of sp³-hybridized carbons (Fsp3) is 0.545. The van der Waals surface area contributed by atoms with Gasteiger partial charge in [0.1, 0.15) is 5.82 Å². The maximum Gasteiger partial charge on any atom is 0.126 e. The number of hydrogen-bond donors (Lipinski definition) is 2. The van der Waals surface area contributed by atoms with Crippen molar-refractivity contribution in [1.82, 2.24) is 4.98 Å². The van der Waals surface area contributed by atoms with Gasteiger partial charge in [-0.05, 0) is 53.7 Å². The van der Waals surface area contributed by atoms with Crippen molar-refractivity contribution in [2.45, 2.75) is 25.4 Å². The van der Waals surface area contributed by atoms with E-state index in [1.807, 2.05) is 19.1 Å². The maximum absolute atomic E-state index is 10.1. The molecule has 0 bridgehead atoms. The summed E-state index contributed by atoms with van der Waals surface area (Å²) in [5.74, 6) is 1.26. The number of pyridine rings is 1. The van der Waals surface area contributed by atoms with Crippen LogP contribution in [0.5, 0.6) is 0 Å². The number of halogens is 1. The highest BCUT2D eigenvalue weighted by Crippen LogP contribution is 2.39. The minimum absolute atomic E-state index is 0.459. The van der Waals surface area contributed by atoms with Crippen LogP contribution in [0.2, 0.25) is 0 Å². The SMILES string of the molecule is CC(O)(CNc1ccc(Br)cn1)C1CC1. The molecule has 0 spiro atoms. The Bertz CT molecular complexity index is 333. The number of aromatic nitrogens is 1. The number of rotatable bonds is 4. The van der Waals surface area contributed by atoms with Crippen molar-refractivity contribution in [2.75, 3.05) is 11.9 Å². The maximum atomic E-state index is 10.1. The topological polar surface area (TPSA) is 45.1 Å². The summed E-state index contributed by atoms with van der Waals surface area (Å²) in [6.07, 6.45) is 4.03. The van der Waals surface area contributed by atoms with Crippen molar-refractivity contribution in [2.24, 2.45) is 5.92 Å². The van der Waals surface area contributed by atoms with Gasteiger partial charge in [-0.3, -0.25) is 0 Å². The van der Waals surface area contributed by atoms with Gasteiger partial charge in [-0.1, -0.05) is 0 Å². The lowest BCUT2D eigenvalue weighted by Crippen LogP contribution is -2.35. The number of hydrogen-bond acceptors (Lipinski definition) is 3. The molecule has 1 aromatic heterocycles. The van der Waals surface area contributed by atoms with Crippen LogP contribution >= 0.6 is 15.9 Å². The highest BCUT2D eigenvalue weighted by molar-refractivity contribution is 9.10. The Morgan fingerprint density at radius 3 is 2.87 bits per heavy atom. The fourth-order valence-electron chi connectivity index (χ4n) is 1.60. The first-order valence-corrected chi connectivity index (χ1v) is 5.95. The number of aliphatic hydroxyl groups is 1. The van der Waals surface area contributed by atoms with Gasteiger partial charge in [0.25, 0.3) is 0 Å². The molecule has 82 valence electrons. The third-order valence-electron chi connectivity index (χ3n) is 2.81. The Kier molecular flexibility index (Phi) is 2.98. The summed E-state index contributed by atoms with van der Waals surface area (Å²) in [6, 6.07) is 3.83. The fourth-order valence-corrected chi connectivity index (χ4v) is 1.83. The monoisotopic (exact) mass is 270 g/mol. The first-order chi connectivity index (χ1) is 7.08. The Morgan fingerprint density at radius 2 is 2.33 bits per heavy atom. The minimum atomic E-state index is -0.602. The van der Waals surface area contributed by atoms with E-state index >= 15 is 0 Å². The first-order valence-electron chi connectivity index (χ1n) is 5.16. The van der Waals surface area contributed by atoms with Crippen LogP contribution in [0.25, 0.3) is 0 Å². The van der Waals surface area contributed by atoms with Gasteiger partial charge < -0.3 is 10.4 Å². The summed E-state index contributed by atoms with van der Waals surface area (Å²) in [6.45, 7) is 2.45. The van der Waals surface area contributed by atoms with Crippen LogP contribution in [0.3, 0.4) is 0 Å². The Labute approximate surface area is 98.0 Å². The predicted octanol–water partition coefficient (Wildman–Crippen LogP) is 2.42. The largest absolute Gasteiger partial charge is 0.388 e. The highest BCUT2D eigenvalue weighted by Gasteiger charge is 2.39. The third-order valence-corrected chi connectivity index (χ3v) is 3.28. The number of nitrogens with one attached hydrogen (secondary N) is 1. The molecule has 1 unspecified atom stereocenters.